The maximum Gasteiger partial charge on any atom is 0.267 e. The SMILES string of the molecule is CCS(=O)(=O)c1ccc(NC(=O)c2sc3ccccc3c2Cl)cc1. The molecule has 0 radical (unpaired) electrons. The molecule has 0 aliphatic heterocycles. The molecule has 1 amide bonds. The van der Waals surface area contributed by atoms with Crippen molar-refractivity contribution in [2.24, 2.45) is 0 Å². The van der Waals surface area contributed by atoms with E-state index in [0.717, 1.165) is 10.1 Å². The molecule has 1 aromatic heterocycles. The number of hydrogen-bond acceptors (Lipinski definition) is 4. The maximum absolute atomic E-state index is 12.4. The Labute approximate surface area is 149 Å². The molecule has 2 aromatic carbocycles. The second-order valence-corrected chi connectivity index (χ2v) is 8.83. The first kappa shape index (κ1) is 17.0. The van der Waals surface area contributed by atoms with Crippen LogP contribution in [0.15, 0.2) is 53.4 Å². The van der Waals surface area contributed by atoms with Gasteiger partial charge in [-0.25, -0.2) is 8.42 Å². The number of hydrogen-bond donors (Lipinski definition) is 1. The van der Waals surface area contributed by atoms with Crippen molar-refractivity contribution in [2.45, 2.75) is 11.8 Å². The van der Waals surface area contributed by atoms with E-state index in [2.05, 4.69) is 5.32 Å². The predicted octanol–water partition coefficient (Wildman–Crippen LogP) is 4.60. The van der Waals surface area contributed by atoms with Crippen molar-refractivity contribution in [3.63, 3.8) is 0 Å². The zero-order chi connectivity index (χ0) is 17.3. The number of thiophene rings is 1. The fraction of sp³-hybridized carbons (Fsp3) is 0.118. The molecule has 0 atom stereocenters. The van der Waals surface area contributed by atoms with Gasteiger partial charge in [0.25, 0.3) is 5.91 Å². The number of sulfone groups is 1. The largest absolute Gasteiger partial charge is 0.321 e. The third-order valence-electron chi connectivity index (χ3n) is 3.59. The van der Waals surface area contributed by atoms with Gasteiger partial charge in [-0.15, -0.1) is 11.3 Å². The van der Waals surface area contributed by atoms with Gasteiger partial charge < -0.3 is 5.32 Å². The van der Waals surface area contributed by atoms with Gasteiger partial charge in [-0.3, -0.25) is 4.79 Å². The first-order chi connectivity index (χ1) is 11.4. The van der Waals surface area contributed by atoms with Gasteiger partial charge in [0.05, 0.1) is 15.7 Å². The molecular weight excluding hydrogens is 366 g/mol. The Morgan fingerprint density at radius 1 is 1.12 bits per heavy atom. The van der Waals surface area contributed by atoms with Crippen LogP contribution in [-0.2, 0) is 9.84 Å². The molecule has 0 aliphatic rings. The summed E-state index contributed by atoms with van der Waals surface area (Å²) in [7, 11) is -3.25. The molecular formula is C17H14ClNO3S2. The molecule has 24 heavy (non-hydrogen) atoms. The summed E-state index contributed by atoms with van der Waals surface area (Å²) in [5.41, 5.74) is 0.517. The molecule has 7 heteroatoms. The number of carbonyl (C=O) groups excluding carboxylic acids is 1. The normalized spacial score (nSPS) is 11.6. The van der Waals surface area contributed by atoms with Crippen molar-refractivity contribution in [1.82, 2.24) is 0 Å². The molecule has 124 valence electrons. The third-order valence-corrected chi connectivity index (χ3v) is 7.02. The number of rotatable bonds is 4. The lowest BCUT2D eigenvalue weighted by Gasteiger charge is -2.06. The minimum Gasteiger partial charge on any atom is -0.321 e. The van der Waals surface area contributed by atoms with E-state index in [4.69, 9.17) is 11.6 Å². The maximum atomic E-state index is 12.4. The summed E-state index contributed by atoms with van der Waals surface area (Å²) in [5, 5.41) is 4.02. The summed E-state index contributed by atoms with van der Waals surface area (Å²) < 4.78 is 24.5. The molecule has 0 fully saturated rings. The average molecular weight is 380 g/mol. The van der Waals surface area contributed by atoms with Gasteiger partial charge >= 0.3 is 0 Å². The van der Waals surface area contributed by atoms with Gasteiger partial charge in [0.15, 0.2) is 9.84 Å². The van der Waals surface area contributed by atoms with Crippen LogP contribution in [0.2, 0.25) is 5.02 Å². The van der Waals surface area contributed by atoms with Crippen molar-refractivity contribution < 1.29 is 13.2 Å². The van der Waals surface area contributed by atoms with E-state index in [1.807, 2.05) is 24.3 Å². The van der Waals surface area contributed by atoms with Crippen molar-refractivity contribution in [2.75, 3.05) is 11.1 Å². The number of halogens is 1. The molecule has 3 aromatic rings. The molecule has 0 saturated carbocycles. The van der Waals surface area contributed by atoms with Crippen molar-refractivity contribution in [3.05, 3.63) is 58.4 Å². The van der Waals surface area contributed by atoms with Gasteiger partial charge in [0.2, 0.25) is 0 Å². The Kier molecular flexibility index (Phi) is 4.62. The topological polar surface area (TPSA) is 63.2 Å². The fourth-order valence-electron chi connectivity index (χ4n) is 2.26. The molecule has 4 nitrogen and oxygen atoms in total. The van der Waals surface area contributed by atoms with Gasteiger partial charge in [-0.2, -0.15) is 0 Å². The molecule has 1 heterocycles. The van der Waals surface area contributed by atoms with Crippen LogP contribution in [0, 0.1) is 0 Å². The summed E-state index contributed by atoms with van der Waals surface area (Å²) in [6.45, 7) is 1.59. The lowest BCUT2D eigenvalue weighted by Crippen LogP contribution is -2.11. The highest BCUT2D eigenvalue weighted by atomic mass is 35.5. The number of fused-ring (bicyclic) bond motifs is 1. The molecule has 0 unspecified atom stereocenters. The zero-order valence-corrected chi connectivity index (χ0v) is 15.1. The minimum absolute atomic E-state index is 0.0378. The van der Waals surface area contributed by atoms with Crippen molar-refractivity contribution >= 4 is 54.5 Å². The highest BCUT2D eigenvalue weighted by molar-refractivity contribution is 7.91. The summed E-state index contributed by atoms with van der Waals surface area (Å²) in [4.78, 5) is 13.1. The Morgan fingerprint density at radius 2 is 1.79 bits per heavy atom. The average Bonchev–Trinajstić information content (AvgIpc) is 2.93. The van der Waals surface area contributed by atoms with Crippen LogP contribution in [-0.4, -0.2) is 20.1 Å². The Morgan fingerprint density at radius 3 is 2.42 bits per heavy atom. The van der Waals surface area contributed by atoms with Crippen LogP contribution in [0.3, 0.4) is 0 Å². The monoisotopic (exact) mass is 379 g/mol. The highest BCUT2D eigenvalue weighted by Gasteiger charge is 2.17. The van der Waals surface area contributed by atoms with Gasteiger partial charge in [-0.05, 0) is 30.3 Å². The molecule has 0 saturated heterocycles. The highest BCUT2D eigenvalue weighted by Crippen LogP contribution is 2.35. The summed E-state index contributed by atoms with van der Waals surface area (Å²) in [6, 6.07) is 13.7. The van der Waals surface area contributed by atoms with E-state index < -0.39 is 9.84 Å². The molecule has 0 spiro atoms. The first-order valence-electron chi connectivity index (χ1n) is 7.23. The van der Waals surface area contributed by atoms with Gasteiger partial charge in [-0.1, -0.05) is 36.7 Å². The zero-order valence-electron chi connectivity index (χ0n) is 12.7. The number of carbonyl (C=O) groups is 1. The Hall–Kier alpha value is -1.89. The van der Waals surface area contributed by atoms with Gasteiger partial charge in [0, 0.05) is 15.8 Å². The van der Waals surface area contributed by atoms with Crippen LogP contribution in [0.25, 0.3) is 10.1 Å². The fourth-order valence-corrected chi connectivity index (χ4v) is 4.56. The minimum atomic E-state index is -3.25. The molecule has 1 N–H and O–H groups in total. The van der Waals surface area contributed by atoms with Crippen LogP contribution >= 0.6 is 22.9 Å². The number of benzene rings is 2. The van der Waals surface area contributed by atoms with Crippen LogP contribution in [0.4, 0.5) is 5.69 Å². The van der Waals surface area contributed by atoms with E-state index in [-0.39, 0.29) is 16.6 Å². The number of amides is 1. The number of nitrogens with one attached hydrogen (secondary N) is 1. The second kappa shape index (κ2) is 6.55. The van der Waals surface area contributed by atoms with Crippen molar-refractivity contribution in [3.8, 4) is 0 Å². The van der Waals surface area contributed by atoms with Crippen LogP contribution < -0.4 is 5.32 Å². The van der Waals surface area contributed by atoms with Gasteiger partial charge in [0.1, 0.15) is 4.88 Å². The summed E-state index contributed by atoms with van der Waals surface area (Å²) in [6.07, 6.45) is 0. The van der Waals surface area contributed by atoms with Crippen LogP contribution in [0.5, 0.6) is 0 Å². The van der Waals surface area contributed by atoms with E-state index >= 15 is 0 Å². The first-order valence-corrected chi connectivity index (χ1v) is 10.1. The second-order valence-electron chi connectivity index (χ2n) is 5.12. The van der Waals surface area contributed by atoms with E-state index in [0.29, 0.717) is 15.6 Å². The van der Waals surface area contributed by atoms with Crippen molar-refractivity contribution in [1.29, 1.82) is 0 Å². The number of anilines is 1. The molecule has 0 aliphatic carbocycles. The summed E-state index contributed by atoms with van der Waals surface area (Å²) in [5.74, 6) is -0.275. The predicted molar refractivity (Wildman–Crippen MR) is 99.0 cm³/mol. The molecule has 3 rings (SSSR count). The third kappa shape index (κ3) is 3.17. The van der Waals surface area contributed by atoms with E-state index in [1.165, 1.54) is 23.5 Å². The lowest BCUT2D eigenvalue weighted by molar-refractivity contribution is 0.103. The molecule has 0 bridgehead atoms. The van der Waals surface area contributed by atoms with Crippen LogP contribution in [0.1, 0.15) is 16.6 Å². The summed E-state index contributed by atoms with van der Waals surface area (Å²) >= 11 is 7.61. The standard InChI is InChI=1S/C17H14ClNO3S2/c1-2-24(21,22)12-9-7-11(8-10-12)19-17(20)16-15(18)13-5-3-4-6-14(13)23-16/h3-10H,2H2,1H3,(H,19,20). The van der Waals surface area contributed by atoms with E-state index in [9.17, 15) is 13.2 Å². The smallest absolute Gasteiger partial charge is 0.267 e. The Balaban J connectivity index is 1.85. The quantitative estimate of drug-likeness (QED) is 0.720. The lowest BCUT2D eigenvalue weighted by atomic mass is 10.2. The van der Waals surface area contributed by atoms with E-state index in [1.54, 1.807) is 19.1 Å². The Bertz CT molecular complexity index is 1010.